The molecule has 0 aliphatic heterocycles. The summed E-state index contributed by atoms with van der Waals surface area (Å²) >= 11 is 0. The van der Waals surface area contributed by atoms with Crippen LogP contribution in [0.25, 0.3) is 0 Å². The van der Waals surface area contributed by atoms with Crippen molar-refractivity contribution in [3.8, 4) is 17.2 Å². The Morgan fingerprint density at radius 1 is 0.824 bits per heavy atom. The maximum Gasteiger partial charge on any atom is 0.166 e. The summed E-state index contributed by atoms with van der Waals surface area (Å²) < 4.78 is 5.21. The molecule has 2 N–H and O–H groups in total. The van der Waals surface area contributed by atoms with E-state index in [1.54, 1.807) is 12.3 Å². The van der Waals surface area contributed by atoms with Gasteiger partial charge in [-0.15, -0.1) is 0 Å². The van der Waals surface area contributed by atoms with Crippen LogP contribution in [-0.4, -0.2) is 41.8 Å². The van der Waals surface area contributed by atoms with Crippen molar-refractivity contribution in [1.82, 2.24) is 0 Å². The molecule has 2 atom stereocenters. The van der Waals surface area contributed by atoms with Crippen LogP contribution in [0.2, 0.25) is 0 Å². The lowest BCUT2D eigenvalue weighted by Crippen LogP contribution is -2.27. The van der Waals surface area contributed by atoms with E-state index >= 15 is 0 Å². The Kier molecular flexibility index (Phi) is 7.74. The van der Waals surface area contributed by atoms with Crippen LogP contribution in [0, 0.1) is 0 Å². The van der Waals surface area contributed by atoms with E-state index in [9.17, 15) is 10.2 Å². The largest absolute Gasteiger partial charge is 0.507 e. The fourth-order valence-corrected chi connectivity index (χ4v) is 4.36. The number of ether oxygens (including phenoxy) is 1. The van der Waals surface area contributed by atoms with Gasteiger partial charge in [-0.1, -0.05) is 66.5 Å². The van der Waals surface area contributed by atoms with E-state index in [0.717, 1.165) is 36.8 Å². The molecule has 0 unspecified atom stereocenters. The lowest BCUT2D eigenvalue weighted by atomic mass is 9.79. The first kappa shape index (κ1) is 25.8. The molecular formula is C29H40N2O3. The van der Waals surface area contributed by atoms with E-state index in [1.807, 2.05) is 18.3 Å². The summed E-state index contributed by atoms with van der Waals surface area (Å²) in [4.78, 5) is 9.73. The zero-order valence-electron chi connectivity index (χ0n) is 21.7. The molecule has 1 fully saturated rings. The minimum atomic E-state index is -0.176. The molecule has 2 aromatic carbocycles. The first-order valence-electron chi connectivity index (χ1n) is 12.2. The third kappa shape index (κ3) is 5.99. The Morgan fingerprint density at radius 3 is 1.94 bits per heavy atom. The lowest BCUT2D eigenvalue weighted by molar-refractivity contribution is 0.373. The van der Waals surface area contributed by atoms with Crippen molar-refractivity contribution in [1.29, 1.82) is 0 Å². The molecule has 0 spiro atoms. The van der Waals surface area contributed by atoms with Crippen LogP contribution >= 0.6 is 0 Å². The van der Waals surface area contributed by atoms with Crippen LogP contribution in [0.15, 0.2) is 40.3 Å². The molecule has 0 aromatic heterocycles. The van der Waals surface area contributed by atoms with Gasteiger partial charge in [0.05, 0.1) is 19.2 Å². The van der Waals surface area contributed by atoms with Crippen molar-refractivity contribution in [3.05, 3.63) is 52.6 Å². The van der Waals surface area contributed by atoms with Crippen LogP contribution in [0.4, 0.5) is 0 Å². The molecule has 5 heteroatoms. The van der Waals surface area contributed by atoms with Crippen molar-refractivity contribution >= 4 is 12.4 Å². The highest BCUT2D eigenvalue weighted by molar-refractivity contribution is 5.86. The van der Waals surface area contributed by atoms with Crippen LogP contribution in [0.3, 0.4) is 0 Å². The molecule has 1 aliphatic carbocycles. The van der Waals surface area contributed by atoms with E-state index < -0.39 is 0 Å². The van der Waals surface area contributed by atoms with E-state index in [4.69, 9.17) is 14.7 Å². The Bertz CT molecular complexity index is 1060. The van der Waals surface area contributed by atoms with Gasteiger partial charge in [0.15, 0.2) is 11.5 Å². The predicted octanol–water partition coefficient (Wildman–Crippen LogP) is 6.55. The lowest BCUT2D eigenvalue weighted by Gasteiger charge is -2.27. The predicted molar refractivity (Wildman–Crippen MR) is 141 cm³/mol. The van der Waals surface area contributed by atoms with E-state index in [0.29, 0.717) is 17.1 Å². The zero-order valence-corrected chi connectivity index (χ0v) is 21.7. The Morgan fingerprint density at radius 2 is 1.41 bits per heavy atom. The second kappa shape index (κ2) is 10.2. The first-order chi connectivity index (χ1) is 15.9. The number of rotatable bonds is 5. The molecule has 0 saturated heterocycles. The number of phenols is 2. The Hall–Kier alpha value is -2.82. The van der Waals surface area contributed by atoms with Gasteiger partial charge in [0.2, 0.25) is 0 Å². The standard InChI is InChI=1S/C29H40N2O3/c1-28(2,3)21-15-20(26(32)22(16-21)29(4,5)6)18-31-24-13-9-8-12-23(24)30-17-19-11-10-14-25(34-7)27(19)33/h10-11,14-18,23-24,32-33H,8-9,12-13H2,1-7H3/t23-,24+/m0/s1. The number of aromatic hydroxyl groups is 2. The van der Waals surface area contributed by atoms with Crippen LogP contribution in [-0.2, 0) is 10.8 Å². The summed E-state index contributed by atoms with van der Waals surface area (Å²) in [6, 6.07) is 9.65. The molecule has 0 bridgehead atoms. The van der Waals surface area contributed by atoms with Crippen molar-refractivity contribution in [3.63, 3.8) is 0 Å². The molecular weight excluding hydrogens is 424 g/mol. The second-order valence-electron chi connectivity index (χ2n) is 11.3. The number of hydrogen-bond donors (Lipinski definition) is 2. The van der Waals surface area contributed by atoms with Crippen molar-refractivity contribution in [2.45, 2.75) is 90.1 Å². The highest BCUT2D eigenvalue weighted by atomic mass is 16.5. The SMILES string of the molecule is COc1cccc(C=N[C@H]2CCCC[C@H]2N=Cc2cc(C(C)(C)C)cc(C(C)(C)C)c2O)c1O. The van der Waals surface area contributed by atoms with Gasteiger partial charge in [-0.2, -0.15) is 0 Å². The average Bonchev–Trinajstić information content (AvgIpc) is 2.76. The summed E-state index contributed by atoms with van der Waals surface area (Å²) in [5.41, 5.74) is 3.31. The monoisotopic (exact) mass is 464 g/mol. The molecule has 3 rings (SSSR count). The van der Waals surface area contributed by atoms with Gasteiger partial charge in [0.25, 0.3) is 0 Å². The van der Waals surface area contributed by atoms with Gasteiger partial charge in [-0.05, 0) is 47.4 Å². The molecule has 5 nitrogen and oxygen atoms in total. The van der Waals surface area contributed by atoms with Gasteiger partial charge in [-0.3, -0.25) is 9.98 Å². The molecule has 184 valence electrons. The van der Waals surface area contributed by atoms with E-state index in [2.05, 4.69) is 53.7 Å². The number of aliphatic imine (C=N–C) groups is 2. The molecule has 0 radical (unpaired) electrons. The molecule has 0 heterocycles. The van der Waals surface area contributed by atoms with Gasteiger partial charge < -0.3 is 14.9 Å². The third-order valence-electron chi connectivity index (χ3n) is 6.57. The van der Waals surface area contributed by atoms with Gasteiger partial charge in [0.1, 0.15) is 5.75 Å². The number of phenolic OH excluding ortho intramolecular Hbond substituents is 2. The van der Waals surface area contributed by atoms with E-state index in [1.165, 1.54) is 12.7 Å². The molecule has 2 aromatic rings. The second-order valence-corrected chi connectivity index (χ2v) is 11.3. The molecule has 1 aliphatic rings. The maximum atomic E-state index is 11.1. The zero-order chi connectivity index (χ0) is 25.1. The summed E-state index contributed by atoms with van der Waals surface area (Å²) in [6.45, 7) is 12.9. The minimum Gasteiger partial charge on any atom is -0.507 e. The summed E-state index contributed by atoms with van der Waals surface area (Å²) in [6.07, 6.45) is 7.68. The quantitative estimate of drug-likeness (QED) is 0.493. The maximum absolute atomic E-state index is 11.1. The molecule has 0 amide bonds. The topological polar surface area (TPSA) is 74.4 Å². The average molecular weight is 465 g/mol. The third-order valence-corrected chi connectivity index (χ3v) is 6.57. The van der Waals surface area contributed by atoms with Crippen LogP contribution in [0.1, 0.15) is 89.5 Å². The van der Waals surface area contributed by atoms with Crippen molar-refractivity contribution < 1.29 is 14.9 Å². The Balaban J connectivity index is 1.91. The smallest absolute Gasteiger partial charge is 0.166 e. The highest BCUT2D eigenvalue weighted by Crippen LogP contribution is 2.37. The summed E-state index contributed by atoms with van der Waals surface area (Å²) in [7, 11) is 1.54. The van der Waals surface area contributed by atoms with Crippen molar-refractivity contribution in [2.24, 2.45) is 9.98 Å². The normalized spacial score (nSPS) is 19.7. The number of benzene rings is 2. The Labute approximate surface area is 204 Å². The van der Waals surface area contributed by atoms with E-state index in [-0.39, 0.29) is 28.7 Å². The molecule has 1 saturated carbocycles. The van der Waals surface area contributed by atoms with Gasteiger partial charge >= 0.3 is 0 Å². The number of para-hydroxylation sites is 1. The van der Waals surface area contributed by atoms with Crippen LogP contribution < -0.4 is 4.74 Å². The summed E-state index contributed by atoms with van der Waals surface area (Å²) in [5.74, 6) is 0.843. The number of nitrogens with zero attached hydrogens (tertiary/aromatic N) is 2. The minimum absolute atomic E-state index is 0.0330. The fraction of sp³-hybridized carbons (Fsp3) is 0.517. The fourth-order valence-electron chi connectivity index (χ4n) is 4.36. The highest BCUT2D eigenvalue weighted by Gasteiger charge is 2.26. The summed E-state index contributed by atoms with van der Waals surface area (Å²) in [5, 5.41) is 21.5. The number of hydrogen-bond acceptors (Lipinski definition) is 5. The number of methoxy groups -OCH3 is 1. The van der Waals surface area contributed by atoms with Gasteiger partial charge in [-0.25, -0.2) is 0 Å². The van der Waals surface area contributed by atoms with Crippen molar-refractivity contribution in [2.75, 3.05) is 7.11 Å². The van der Waals surface area contributed by atoms with Crippen LogP contribution in [0.5, 0.6) is 17.2 Å². The van der Waals surface area contributed by atoms with Gasteiger partial charge in [0, 0.05) is 29.1 Å². The first-order valence-corrected chi connectivity index (χ1v) is 12.2. The molecule has 34 heavy (non-hydrogen) atoms.